The maximum atomic E-state index is 11.1. The maximum Gasteiger partial charge on any atom is 0.250 e. The van der Waals surface area contributed by atoms with Crippen LogP contribution in [0.2, 0.25) is 0 Å². The maximum absolute atomic E-state index is 11.1. The molecule has 16 heavy (non-hydrogen) atoms. The van der Waals surface area contributed by atoms with Crippen molar-refractivity contribution < 1.29 is 0 Å². The van der Waals surface area contributed by atoms with Crippen molar-refractivity contribution in [3.63, 3.8) is 0 Å². The first-order chi connectivity index (χ1) is 7.63. The highest BCUT2D eigenvalue weighted by molar-refractivity contribution is 5.30. The van der Waals surface area contributed by atoms with Crippen molar-refractivity contribution >= 4 is 0 Å². The van der Waals surface area contributed by atoms with Gasteiger partial charge < -0.3 is 4.98 Å². The molecular weight excluding hydrogens is 200 g/mol. The average molecular weight is 214 g/mol. The summed E-state index contributed by atoms with van der Waals surface area (Å²) in [5, 5.41) is 0. The number of H-pyrrole nitrogens is 1. The van der Waals surface area contributed by atoms with E-state index in [1.54, 1.807) is 0 Å². The Morgan fingerprint density at radius 2 is 1.88 bits per heavy atom. The second-order valence-electron chi connectivity index (χ2n) is 4.05. The van der Waals surface area contributed by atoms with E-state index in [0.29, 0.717) is 12.2 Å². The molecule has 1 aromatic heterocycles. The number of aryl methyl sites for hydroxylation is 2. The molecule has 0 saturated carbocycles. The minimum absolute atomic E-state index is 0.102. The Bertz CT molecular complexity index is 538. The largest absolute Gasteiger partial charge is 0.310 e. The molecule has 2 aromatic rings. The van der Waals surface area contributed by atoms with Gasteiger partial charge in [-0.1, -0.05) is 29.3 Å². The summed E-state index contributed by atoms with van der Waals surface area (Å²) in [6.07, 6.45) is 2.20. The van der Waals surface area contributed by atoms with Crippen molar-refractivity contribution in [1.29, 1.82) is 0 Å². The van der Waals surface area contributed by atoms with Crippen molar-refractivity contribution in [2.45, 2.75) is 20.3 Å². The van der Waals surface area contributed by atoms with Crippen molar-refractivity contribution in [3.05, 3.63) is 63.3 Å². The van der Waals surface area contributed by atoms with Crippen LogP contribution < -0.4 is 5.56 Å². The van der Waals surface area contributed by atoms with E-state index in [1.165, 1.54) is 29.0 Å². The summed E-state index contributed by atoms with van der Waals surface area (Å²) < 4.78 is 0. The Morgan fingerprint density at radius 3 is 2.50 bits per heavy atom. The van der Waals surface area contributed by atoms with Crippen LogP contribution in [0.4, 0.5) is 0 Å². The molecule has 0 spiro atoms. The van der Waals surface area contributed by atoms with Crippen LogP contribution in [0.25, 0.3) is 0 Å². The first-order valence-electron chi connectivity index (χ1n) is 5.25. The molecule has 82 valence electrons. The summed E-state index contributed by atoms with van der Waals surface area (Å²) in [5.74, 6) is 0.706. The first kappa shape index (κ1) is 10.6. The second kappa shape index (κ2) is 4.31. The zero-order valence-corrected chi connectivity index (χ0v) is 9.45. The van der Waals surface area contributed by atoms with Gasteiger partial charge in [-0.2, -0.15) is 0 Å². The summed E-state index contributed by atoms with van der Waals surface area (Å²) in [6, 6.07) is 7.77. The quantitative estimate of drug-likeness (QED) is 0.830. The molecule has 1 N–H and O–H groups in total. The van der Waals surface area contributed by atoms with E-state index in [0.717, 1.165) is 0 Å². The molecule has 2 rings (SSSR count). The molecule has 3 heteroatoms. The summed E-state index contributed by atoms with van der Waals surface area (Å²) in [5.41, 5.74) is 3.53. The smallest absolute Gasteiger partial charge is 0.250 e. The molecular formula is C13H14N2O. The Kier molecular flexibility index (Phi) is 2.86. The Hall–Kier alpha value is -1.90. The van der Waals surface area contributed by atoms with Gasteiger partial charge in [-0.05, 0) is 19.4 Å². The fraction of sp³-hybridized carbons (Fsp3) is 0.231. The van der Waals surface area contributed by atoms with Gasteiger partial charge >= 0.3 is 0 Å². The van der Waals surface area contributed by atoms with E-state index in [2.05, 4.69) is 42.0 Å². The third-order valence-corrected chi connectivity index (χ3v) is 2.38. The van der Waals surface area contributed by atoms with Gasteiger partial charge in [0.2, 0.25) is 0 Å². The molecule has 0 aliphatic rings. The molecule has 0 fully saturated rings. The Morgan fingerprint density at radius 1 is 1.19 bits per heavy atom. The van der Waals surface area contributed by atoms with Crippen LogP contribution in [-0.4, -0.2) is 9.97 Å². The zero-order chi connectivity index (χ0) is 11.5. The van der Waals surface area contributed by atoms with E-state index >= 15 is 0 Å². The van der Waals surface area contributed by atoms with Gasteiger partial charge in [0.1, 0.15) is 5.82 Å². The second-order valence-corrected chi connectivity index (χ2v) is 4.05. The lowest BCUT2D eigenvalue weighted by molar-refractivity contribution is 0.943. The highest BCUT2D eigenvalue weighted by Crippen LogP contribution is 2.11. The third kappa shape index (κ3) is 2.57. The third-order valence-electron chi connectivity index (χ3n) is 2.38. The van der Waals surface area contributed by atoms with E-state index in [-0.39, 0.29) is 5.56 Å². The van der Waals surface area contributed by atoms with E-state index in [9.17, 15) is 4.79 Å². The molecule has 0 radical (unpaired) electrons. The SMILES string of the molecule is Cc1cc(C)cc(Cc2nccc(=O)[nH]2)c1. The number of hydrogen-bond donors (Lipinski definition) is 1. The molecule has 0 atom stereocenters. The lowest BCUT2D eigenvalue weighted by Gasteiger charge is -2.04. The first-order valence-corrected chi connectivity index (χ1v) is 5.25. The molecule has 1 heterocycles. The highest BCUT2D eigenvalue weighted by atomic mass is 16.1. The number of aromatic amines is 1. The summed E-state index contributed by atoms with van der Waals surface area (Å²) in [7, 11) is 0. The summed E-state index contributed by atoms with van der Waals surface area (Å²) in [6.45, 7) is 4.13. The van der Waals surface area contributed by atoms with Gasteiger partial charge in [0.05, 0.1) is 0 Å². The average Bonchev–Trinajstić information content (AvgIpc) is 2.15. The lowest BCUT2D eigenvalue weighted by atomic mass is 10.0. The van der Waals surface area contributed by atoms with Crippen LogP contribution >= 0.6 is 0 Å². The van der Waals surface area contributed by atoms with Crippen molar-refractivity contribution in [2.75, 3.05) is 0 Å². The van der Waals surface area contributed by atoms with Crippen molar-refractivity contribution in [2.24, 2.45) is 0 Å². The van der Waals surface area contributed by atoms with Gasteiger partial charge in [-0.15, -0.1) is 0 Å². The number of nitrogens with one attached hydrogen (secondary N) is 1. The molecule has 0 bridgehead atoms. The normalized spacial score (nSPS) is 10.4. The van der Waals surface area contributed by atoms with Gasteiger partial charge in [0.25, 0.3) is 5.56 Å². The number of hydrogen-bond acceptors (Lipinski definition) is 2. The van der Waals surface area contributed by atoms with Crippen LogP contribution in [0, 0.1) is 13.8 Å². The molecule has 0 aliphatic heterocycles. The van der Waals surface area contributed by atoms with Crippen LogP contribution in [-0.2, 0) is 6.42 Å². The Labute approximate surface area is 94.2 Å². The lowest BCUT2D eigenvalue weighted by Crippen LogP contribution is -2.09. The van der Waals surface area contributed by atoms with Crippen LogP contribution in [0.15, 0.2) is 35.3 Å². The number of aromatic nitrogens is 2. The van der Waals surface area contributed by atoms with Crippen LogP contribution in [0.5, 0.6) is 0 Å². The van der Waals surface area contributed by atoms with E-state index in [4.69, 9.17) is 0 Å². The molecule has 1 aromatic carbocycles. The summed E-state index contributed by atoms with van der Waals surface area (Å²) in [4.78, 5) is 18.0. The fourth-order valence-corrected chi connectivity index (χ4v) is 1.87. The molecule has 0 saturated heterocycles. The van der Waals surface area contributed by atoms with Gasteiger partial charge in [0.15, 0.2) is 0 Å². The van der Waals surface area contributed by atoms with Crippen LogP contribution in [0.1, 0.15) is 22.5 Å². The van der Waals surface area contributed by atoms with Gasteiger partial charge in [-0.25, -0.2) is 4.98 Å². The number of nitrogens with zero attached hydrogens (tertiary/aromatic N) is 1. The molecule has 3 nitrogen and oxygen atoms in total. The minimum atomic E-state index is -0.102. The van der Waals surface area contributed by atoms with Crippen LogP contribution in [0.3, 0.4) is 0 Å². The van der Waals surface area contributed by atoms with Gasteiger partial charge in [-0.3, -0.25) is 4.79 Å². The topological polar surface area (TPSA) is 45.8 Å². The van der Waals surface area contributed by atoms with Crippen molar-refractivity contribution in [3.8, 4) is 0 Å². The molecule has 0 aliphatic carbocycles. The monoisotopic (exact) mass is 214 g/mol. The zero-order valence-electron chi connectivity index (χ0n) is 9.45. The predicted molar refractivity (Wildman–Crippen MR) is 63.6 cm³/mol. The summed E-state index contributed by atoms with van der Waals surface area (Å²) >= 11 is 0. The standard InChI is InChI=1S/C13H14N2O/c1-9-5-10(2)7-11(6-9)8-12-14-4-3-13(16)15-12/h3-7H,8H2,1-2H3,(H,14,15,16). The van der Waals surface area contributed by atoms with Crippen molar-refractivity contribution in [1.82, 2.24) is 9.97 Å². The molecule has 0 amide bonds. The van der Waals surface area contributed by atoms with Gasteiger partial charge in [0, 0.05) is 18.7 Å². The Balaban J connectivity index is 2.30. The predicted octanol–water partition coefficient (Wildman–Crippen LogP) is 1.98. The minimum Gasteiger partial charge on any atom is -0.310 e. The number of benzene rings is 1. The number of rotatable bonds is 2. The fourth-order valence-electron chi connectivity index (χ4n) is 1.87. The molecule has 0 unspecified atom stereocenters. The highest BCUT2D eigenvalue weighted by Gasteiger charge is 2.00. The van der Waals surface area contributed by atoms with E-state index in [1.807, 2.05) is 0 Å². The van der Waals surface area contributed by atoms with E-state index < -0.39 is 0 Å².